The van der Waals surface area contributed by atoms with E-state index in [0.717, 1.165) is 31.7 Å². The lowest BCUT2D eigenvalue weighted by Crippen LogP contribution is -2.41. The van der Waals surface area contributed by atoms with Crippen molar-refractivity contribution in [1.82, 2.24) is 5.32 Å². The van der Waals surface area contributed by atoms with Crippen LogP contribution in [0.4, 0.5) is 13.2 Å². The normalized spacial score (nSPS) is 22.9. The molecule has 2 unspecified atom stereocenters. The van der Waals surface area contributed by atoms with Gasteiger partial charge >= 0.3 is 6.18 Å². The van der Waals surface area contributed by atoms with Crippen molar-refractivity contribution < 1.29 is 18.0 Å². The number of amides is 1. The van der Waals surface area contributed by atoms with Gasteiger partial charge in [-0.1, -0.05) is 35.7 Å². The van der Waals surface area contributed by atoms with Crippen LogP contribution in [0.3, 0.4) is 0 Å². The zero-order chi connectivity index (χ0) is 15.6. The fourth-order valence-corrected chi connectivity index (χ4v) is 3.09. The predicted octanol–water partition coefficient (Wildman–Crippen LogP) is 4.78. The zero-order valence-corrected chi connectivity index (χ0v) is 13.2. The Balaban J connectivity index is 2.23. The summed E-state index contributed by atoms with van der Waals surface area (Å²) < 4.78 is 39.4. The van der Waals surface area contributed by atoms with Crippen LogP contribution in [0.25, 0.3) is 0 Å². The second-order valence-electron chi connectivity index (χ2n) is 5.53. The molecule has 0 radical (unpaired) electrons. The molecule has 2 atom stereocenters. The number of rotatable bonds is 2. The summed E-state index contributed by atoms with van der Waals surface area (Å²) in [7, 11) is 0. The first-order valence-corrected chi connectivity index (χ1v) is 7.76. The van der Waals surface area contributed by atoms with E-state index < -0.39 is 17.6 Å². The number of carbonyl (C=O) groups is 1. The highest BCUT2D eigenvalue weighted by Gasteiger charge is 2.36. The molecule has 0 bridgehead atoms. The molecule has 116 valence electrons. The van der Waals surface area contributed by atoms with Crippen molar-refractivity contribution in [1.29, 1.82) is 0 Å². The molecule has 1 fully saturated rings. The first kappa shape index (κ1) is 16.3. The lowest BCUT2D eigenvalue weighted by molar-refractivity contribution is -0.138. The zero-order valence-electron chi connectivity index (χ0n) is 11.6. The van der Waals surface area contributed by atoms with Gasteiger partial charge in [-0.25, -0.2) is 0 Å². The quantitative estimate of drug-likeness (QED) is 0.804. The molecule has 1 aliphatic carbocycles. The highest BCUT2D eigenvalue weighted by atomic mass is 79.9. The van der Waals surface area contributed by atoms with Gasteiger partial charge in [0.05, 0.1) is 11.1 Å². The number of hydrogen-bond acceptors (Lipinski definition) is 1. The number of halogens is 4. The molecule has 0 saturated heterocycles. The molecule has 21 heavy (non-hydrogen) atoms. The molecule has 6 heteroatoms. The van der Waals surface area contributed by atoms with E-state index in [1.165, 1.54) is 12.1 Å². The maximum Gasteiger partial charge on any atom is 0.417 e. The average molecular weight is 364 g/mol. The fraction of sp³-hybridized carbons (Fsp3) is 0.533. The van der Waals surface area contributed by atoms with E-state index in [0.29, 0.717) is 10.4 Å². The van der Waals surface area contributed by atoms with Crippen molar-refractivity contribution >= 4 is 21.8 Å². The monoisotopic (exact) mass is 363 g/mol. The van der Waals surface area contributed by atoms with Gasteiger partial charge in [-0.3, -0.25) is 4.79 Å². The van der Waals surface area contributed by atoms with E-state index >= 15 is 0 Å². The standard InChI is InChI=1S/C15H17BrF3NO/c1-9-4-2-3-5-13(9)20-14(21)11-7-6-10(16)8-12(11)15(17,18)19/h6-9,13H,2-5H2,1H3,(H,20,21). The molecule has 1 aromatic rings. The number of nitrogens with one attached hydrogen (secondary N) is 1. The molecule has 1 saturated carbocycles. The molecule has 2 nitrogen and oxygen atoms in total. The lowest BCUT2D eigenvalue weighted by Gasteiger charge is -2.29. The molecule has 0 heterocycles. The van der Waals surface area contributed by atoms with Gasteiger partial charge in [0.15, 0.2) is 0 Å². The first-order chi connectivity index (χ1) is 9.79. The van der Waals surface area contributed by atoms with Gasteiger partial charge < -0.3 is 5.32 Å². The smallest absolute Gasteiger partial charge is 0.349 e. The Kier molecular flexibility index (Phi) is 4.96. The van der Waals surface area contributed by atoms with Crippen LogP contribution in [0.5, 0.6) is 0 Å². The van der Waals surface area contributed by atoms with E-state index in [-0.39, 0.29) is 11.6 Å². The van der Waals surface area contributed by atoms with Gasteiger partial charge in [-0.05, 0) is 37.0 Å². The van der Waals surface area contributed by atoms with Crippen LogP contribution in [-0.2, 0) is 6.18 Å². The summed E-state index contributed by atoms with van der Waals surface area (Å²) in [4.78, 5) is 12.2. The molecule has 1 aliphatic rings. The summed E-state index contributed by atoms with van der Waals surface area (Å²) in [6, 6.07) is 3.57. The molecule has 1 N–H and O–H groups in total. The van der Waals surface area contributed by atoms with Gasteiger partial charge in [0.25, 0.3) is 5.91 Å². The molecular weight excluding hydrogens is 347 g/mol. The van der Waals surface area contributed by atoms with Crippen LogP contribution in [0.1, 0.15) is 48.5 Å². The molecule has 1 amide bonds. The Morgan fingerprint density at radius 2 is 1.95 bits per heavy atom. The third-order valence-electron chi connectivity index (χ3n) is 3.96. The lowest BCUT2D eigenvalue weighted by atomic mass is 9.85. The number of benzene rings is 1. The Morgan fingerprint density at radius 1 is 1.29 bits per heavy atom. The largest absolute Gasteiger partial charge is 0.417 e. The average Bonchev–Trinajstić information content (AvgIpc) is 2.40. The highest BCUT2D eigenvalue weighted by molar-refractivity contribution is 9.10. The summed E-state index contributed by atoms with van der Waals surface area (Å²) >= 11 is 3.01. The maximum atomic E-state index is 13.0. The topological polar surface area (TPSA) is 29.1 Å². The van der Waals surface area contributed by atoms with Crippen LogP contribution >= 0.6 is 15.9 Å². The van der Waals surface area contributed by atoms with Crippen LogP contribution in [0.2, 0.25) is 0 Å². The number of hydrogen-bond donors (Lipinski definition) is 1. The number of alkyl halides is 3. The summed E-state index contributed by atoms with van der Waals surface area (Å²) in [6.07, 6.45) is -0.613. The summed E-state index contributed by atoms with van der Waals surface area (Å²) in [6.45, 7) is 2.02. The van der Waals surface area contributed by atoms with Crippen LogP contribution < -0.4 is 5.32 Å². The van der Waals surface area contributed by atoms with Crippen LogP contribution in [-0.4, -0.2) is 11.9 Å². The van der Waals surface area contributed by atoms with Crippen molar-refractivity contribution in [3.05, 3.63) is 33.8 Å². The highest BCUT2D eigenvalue weighted by Crippen LogP contribution is 2.34. The van der Waals surface area contributed by atoms with Crippen LogP contribution in [0.15, 0.2) is 22.7 Å². The molecule has 0 spiro atoms. The predicted molar refractivity (Wildman–Crippen MR) is 78.0 cm³/mol. The second kappa shape index (κ2) is 6.38. The van der Waals surface area contributed by atoms with Gasteiger partial charge in [-0.15, -0.1) is 0 Å². The molecule has 0 aliphatic heterocycles. The third kappa shape index (κ3) is 3.99. The SMILES string of the molecule is CC1CCCCC1NC(=O)c1ccc(Br)cc1C(F)(F)F. The Labute approximate surface area is 130 Å². The van der Waals surface area contributed by atoms with Gasteiger partial charge in [-0.2, -0.15) is 13.2 Å². The summed E-state index contributed by atoms with van der Waals surface area (Å²) in [5.74, 6) is -0.346. The molecule has 2 rings (SSSR count). The van der Waals surface area contributed by atoms with Crippen LogP contribution in [0, 0.1) is 5.92 Å². The maximum absolute atomic E-state index is 13.0. The van der Waals surface area contributed by atoms with Gasteiger partial charge in [0.2, 0.25) is 0 Å². The minimum Gasteiger partial charge on any atom is -0.349 e. The van der Waals surface area contributed by atoms with Crippen molar-refractivity contribution in [2.24, 2.45) is 5.92 Å². The van der Waals surface area contributed by atoms with Crippen molar-refractivity contribution in [2.45, 2.75) is 44.8 Å². The third-order valence-corrected chi connectivity index (χ3v) is 4.45. The molecule has 1 aromatic carbocycles. The minimum atomic E-state index is -4.55. The second-order valence-corrected chi connectivity index (χ2v) is 6.45. The fourth-order valence-electron chi connectivity index (χ4n) is 2.73. The van der Waals surface area contributed by atoms with E-state index in [4.69, 9.17) is 0 Å². The molecular formula is C15H17BrF3NO. The van der Waals surface area contributed by atoms with E-state index in [9.17, 15) is 18.0 Å². The Hall–Kier alpha value is -1.04. The van der Waals surface area contributed by atoms with E-state index in [2.05, 4.69) is 21.2 Å². The summed E-state index contributed by atoms with van der Waals surface area (Å²) in [5, 5.41) is 2.76. The minimum absolute atomic E-state index is 0.0454. The van der Waals surface area contributed by atoms with Gasteiger partial charge in [0, 0.05) is 10.5 Å². The Bertz CT molecular complexity index is 530. The van der Waals surface area contributed by atoms with E-state index in [1.807, 2.05) is 6.92 Å². The summed E-state index contributed by atoms with van der Waals surface area (Å²) in [5.41, 5.74) is -1.22. The van der Waals surface area contributed by atoms with Crippen molar-refractivity contribution in [2.75, 3.05) is 0 Å². The van der Waals surface area contributed by atoms with Crippen molar-refractivity contribution in [3.63, 3.8) is 0 Å². The van der Waals surface area contributed by atoms with Crippen molar-refractivity contribution in [3.8, 4) is 0 Å². The first-order valence-electron chi connectivity index (χ1n) is 6.96. The van der Waals surface area contributed by atoms with Gasteiger partial charge in [0.1, 0.15) is 0 Å². The molecule has 0 aromatic heterocycles. The number of carbonyl (C=O) groups excluding carboxylic acids is 1. The Morgan fingerprint density at radius 3 is 2.57 bits per heavy atom. The van der Waals surface area contributed by atoms with E-state index in [1.54, 1.807) is 0 Å².